The van der Waals surface area contributed by atoms with Gasteiger partial charge in [0.2, 0.25) is 0 Å². The molecular formula is C25H22N4O2S. The highest BCUT2D eigenvalue weighted by atomic mass is 32.2. The number of hydrogen-bond acceptors (Lipinski definition) is 6. The SMILES string of the molecule is CCCN(Cc1ccc(C#N)cc1)C(=O)c1oc2ccccc2c1CSc1ncccn1. The molecule has 0 unspecified atom stereocenters. The molecule has 0 aliphatic rings. The molecule has 32 heavy (non-hydrogen) atoms. The van der Waals surface area contributed by atoms with Crippen LogP contribution in [-0.4, -0.2) is 27.3 Å². The summed E-state index contributed by atoms with van der Waals surface area (Å²) in [7, 11) is 0. The average Bonchev–Trinajstić information content (AvgIpc) is 3.21. The zero-order valence-electron chi connectivity index (χ0n) is 17.7. The highest BCUT2D eigenvalue weighted by Gasteiger charge is 2.25. The van der Waals surface area contributed by atoms with Crippen molar-refractivity contribution in [3.05, 3.63) is 89.4 Å². The van der Waals surface area contributed by atoms with E-state index >= 15 is 0 Å². The molecule has 0 saturated carbocycles. The Morgan fingerprint density at radius 1 is 1.09 bits per heavy atom. The number of nitriles is 1. The first-order valence-electron chi connectivity index (χ1n) is 10.4. The van der Waals surface area contributed by atoms with Crippen LogP contribution in [0.15, 0.2) is 76.6 Å². The second-order valence-electron chi connectivity index (χ2n) is 7.26. The lowest BCUT2D eigenvalue weighted by molar-refractivity contribution is 0.0712. The highest BCUT2D eigenvalue weighted by Crippen LogP contribution is 2.32. The molecule has 0 saturated heterocycles. The largest absolute Gasteiger partial charge is 0.451 e. The quantitative estimate of drug-likeness (QED) is 0.267. The van der Waals surface area contributed by atoms with Crippen LogP contribution in [0.25, 0.3) is 11.0 Å². The van der Waals surface area contributed by atoms with Gasteiger partial charge in [0.1, 0.15) is 5.58 Å². The fourth-order valence-corrected chi connectivity index (χ4v) is 4.31. The molecule has 0 bridgehead atoms. The maximum Gasteiger partial charge on any atom is 0.290 e. The summed E-state index contributed by atoms with van der Waals surface area (Å²) in [6.07, 6.45) is 4.23. The minimum atomic E-state index is -0.142. The van der Waals surface area contributed by atoms with Gasteiger partial charge in [0, 0.05) is 42.2 Å². The Kier molecular flexibility index (Phi) is 6.83. The Morgan fingerprint density at radius 3 is 2.56 bits per heavy atom. The van der Waals surface area contributed by atoms with E-state index in [0.717, 1.165) is 22.9 Å². The third-order valence-electron chi connectivity index (χ3n) is 5.02. The zero-order chi connectivity index (χ0) is 22.3. The monoisotopic (exact) mass is 442 g/mol. The van der Waals surface area contributed by atoms with Gasteiger partial charge in [-0.3, -0.25) is 4.79 Å². The third-order valence-corrected chi connectivity index (χ3v) is 5.92. The van der Waals surface area contributed by atoms with E-state index in [-0.39, 0.29) is 5.91 Å². The standard InChI is InChI=1S/C25H22N4O2S/c1-2-14-29(16-19-10-8-18(15-26)9-11-19)24(30)23-21(17-32-25-27-12-5-13-28-25)20-6-3-4-7-22(20)31-23/h3-13H,2,14,16-17H2,1H3. The third kappa shape index (κ3) is 4.82. The Labute approximate surface area is 190 Å². The van der Waals surface area contributed by atoms with Crippen LogP contribution in [0.4, 0.5) is 0 Å². The number of hydrogen-bond donors (Lipinski definition) is 0. The van der Waals surface area contributed by atoms with Crippen molar-refractivity contribution in [3.63, 3.8) is 0 Å². The van der Waals surface area contributed by atoms with Crippen LogP contribution in [0.3, 0.4) is 0 Å². The molecule has 160 valence electrons. The lowest BCUT2D eigenvalue weighted by Crippen LogP contribution is -2.31. The second-order valence-corrected chi connectivity index (χ2v) is 8.20. The summed E-state index contributed by atoms with van der Waals surface area (Å²) in [5.41, 5.74) is 3.11. The number of aromatic nitrogens is 2. The maximum absolute atomic E-state index is 13.6. The number of para-hydroxylation sites is 1. The second kappa shape index (κ2) is 10.1. The fraction of sp³-hybridized carbons (Fsp3) is 0.200. The Morgan fingerprint density at radius 2 is 1.84 bits per heavy atom. The summed E-state index contributed by atoms with van der Waals surface area (Å²) in [5.74, 6) is 0.743. The number of thioether (sulfide) groups is 1. The van der Waals surface area contributed by atoms with Crippen LogP contribution in [0.2, 0.25) is 0 Å². The molecule has 0 radical (unpaired) electrons. The van der Waals surface area contributed by atoms with E-state index in [2.05, 4.69) is 16.0 Å². The van der Waals surface area contributed by atoms with Gasteiger partial charge in [0.05, 0.1) is 11.6 Å². The predicted octanol–water partition coefficient (Wildman–Crippen LogP) is 5.44. The first kappa shape index (κ1) is 21.6. The molecule has 4 rings (SSSR count). The topological polar surface area (TPSA) is 83.0 Å². The van der Waals surface area contributed by atoms with Crippen molar-refractivity contribution in [3.8, 4) is 6.07 Å². The van der Waals surface area contributed by atoms with Gasteiger partial charge in [-0.1, -0.05) is 49.0 Å². The number of benzene rings is 2. The highest BCUT2D eigenvalue weighted by molar-refractivity contribution is 7.98. The number of nitrogens with zero attached hydrogens (tertiary/aromatic N) is 4. The van der Waals surface area contributed by atoms with Gasteiger partial charge in [-0.25, -0.2) is 9.97 Å². The summed E-state index contributed by atoms with van der Waals surface area (Å²) < 4.78 is 6.06. The summed E-state index contributed by atoms with van der Waals surface area (Å²) in [6, 6.07) is 18.9. The summed E-state index contributed by atoms with van der Waals surface area (Å²) in [6.45, 7) is 3.09. The van der Waals surface area contributed by atoms with Crippen molar-refractivity contribution >= 4 is 28.6 Å². The fourth-order valence-electron chi connectivity index (χ4n) is 3.48. The van der Waals surface area contributed by atoms with Crippen molar-refractivity contribution < 1.29 is 9.21 Å². The van der Waals surface area contributed by atoms with Crippen LogP contribution in [-0.2, 0) is 12.3 Å². The molecule has 7 heteroatoms. The van der Waals surface area contributed by atoms with Crippen molar-refractivity contribution in [1.82, 2.24) is 14.9 Å². The van der Waals surface area contributed by atoms with Gasteiger partial charge >= 0.3 is 0 Å². The first-order chi connectivity index (χ1) is 15.7. The number of carbonyl (C=O) groups is 1. The Bertz CT molecular complexity index is 1250. The Hall–Kier alpha value is -3.63. The smallest absolute Gasteiger partial charge is 0.290 e. The molecule has 0 N–H and O–H groups in total. The first-order valence-corrected chi connectivity index (χ1v) is 11.4. The molecular weight excluding hydrogens is 420 g/mol. The van der Waals surface area contributed by atoms with Crippen LogP contribution < -0.4 is 0 Å². The van der Waals surface area contributed by atoms with E-state index in [1.54, 1.807) is 35.5 Å². The minimum Gasteiger partial charge on any atom is -0.451 e. The van der Waals surface area contributed by atoms with E-state index in [9.17, 15) is 4.79 Å². The lowest BCUT2D eigenvalue weighted by Gasteiger charge is -2.22. The van der Waals surface area contributed by atoms with Crippen LogP contribution in [0.5, 0.6) is 0 Å². The molecule has 0 aliphatic carbocycles. The summed E-state index contributed by atoms with van der Waals surface area (Å²) >= 11 is 1.47. The van der Waals surface area contributed by atoms with Crippen LogP contribution in [0, 0.1) is 11.3 Å². The molecule has 0 aliphatic heterocycles. The van der Waals surface area contributed by atoms with Gasteiger partial charge < -0.3 is 9.32 Å². The van der Waals surface area contributed by atoms with Gasteiger partial charge in [-0.2, -0.15) is 5.26 Å². The molecule has 1 amide bonds. The molecule has 0 spiro atoms. The molecule has 4 aromatic rings. The number of fused-ring (bicyclic) bond motifs is 1. The van der Waals surface area contributed by atoms with Crippen molar-refractivity contribution in [2.45, 2.75) is 30.8 Å². The molecule has 2 aromatic heterocycles. The van der Waals surface area contributed by atoms with Crippen LogP contribution in [0.1, 0.15) is 40.6 Å². The molecule has 6 nitrogen and oxygen atoms in total. The summed E-state index contributed by atoms with van der Waals surface area (Å²) in [4.78, 5) is 23.9. The molecule has 2 aromatic carbocycles. The van der Waals surface area contributed by atoms with Gasteiger partial charge in [0.25, 0.3) is 5.91 Å². The van der Waals surface area contributed by atoms with Gasteiger partial charge in [0.15, 0.2) is 10.9 Å². The molecule has 0 fully saturated rings. The van der Waals surface area contributed by atoms with Gasteiger partial charge in [-0.15, -0.1) is 0 Å². The van der Waals surface area contributed by atoms with E-state index in [1.807, 2.05) is 43.3 Å². The zero-order valence-corrected chi connectivity index (χ0v) is 18.5. The van der Waals surface area contributed by atoms with E-state index < -0.39 is 0 Å². The maximum atomic E-state index is 13.6. The van der Waals surface area contributed by atoms with Gasteiger partial charge in [-0.05, 0) is 36.2 Å². The van der Waals surface area contributed by atoms with E-state index in [1.165, 1.54) is 11.8 Å². The number of furan rings is 1. The van der Waals surface area contributed by atoms with Crippen molar-refractivity contribution in [1.29, 1.82) is 5.26 Å². The van der Waals surface area contributed by atoms with E-state index in [0.29, 0.717) is 40.9 Å². The lowest BCUT2D eigenvalue weighted by atomic mass is 10.1. The number of amides is 1. The number of carbonyl (C=O) groups excluding carboxylic acids is 1. The normalized spacial score (nSPS) is 10.8. The number of rotatable bonds is 8. The average molecular weight is 443 g/mol. The van der Waals surface area contributed by atoms with Crippen LogP contribution >= 0.6 is 11.8 Å². The van der Waals surface area contributed by atoms with E-state index in [4.69, 9.17) is 9.68 Å². The summed E-state index contributed by atoms with van der Waals surface area (Å²) in [5, 5.41) is 10.6. The predicted molar refractivity (Wildman–Crippen MR) is 124 cm³/mol. The molecule has 2 heterocycles. The van der Waals surface area contributed by atoms with Crippen molar-refractivity contribution in [2.75, 3.05) is 6.54 Å². The molecule has 0 atom stereocenters. The van der Waals surface area contributed by atoms with Crippen molar-refractivity contribution in [2.24, 2.45) is 0 Å². The Balaban J connectivity index is 1.64. The minimum absolute atomic E-state index is 0.142.